The molecular formula is C17H12N4. The van der Waals surface area contributed by atoms with E-state index < -0.39 is 0 Å². The van der Waals surface area contributed by atoms with E-state index in [0.29, 0.717) is 11.7 Å². The van der Waals surface area contributed by atoms with Crippen LogP contribution in [0.4, 0.5) is 5.69 Å². The van der Waals surface area contributed by atoms with E-state index in [1.54, 1.807) is 6.20 Å². The highest BCUT2D eigenvalue weighted by Gasteiger charge is 2.18. The third kappa shape index (κ3) is 1.89. The zero-order valence-corrected chi connectivity index (χ0v) is 11.2. The molecular weight excluding hydrogens is 260 g/mol. The molecule has 0 saturated heterocycles. The Morgan fingerprint density at radius 1 is 0.857 bits per heavy atom. The van der Waals surface area contributed by atoms with Crippen LogP contribution in [0.3, 0.4) is 0 Å². The molecule has 2 aromatic carbocycles. The standard InChI is InChI=1S/C17H12N4/c18-16-12-7-1-2-8-13(12)17(21-16)20-14-9-3-5-11-6-4-10-19-15(11)14/h1-10H,(H2,18,20,21). The summed E-state index contributed by atoms with van der Waals surface area (Å²) in [5, 5.41) is 1.06. The van der Waals surface area contributed by atoms with Crippen LogP contribution in [0.2, 0.25) is 0 Å². The number of aliphatic imine (C=N–C) groups is 2. The number of benzene rings is 2. The predicted octanol–water partition coefficient (Wildman–Crippen LogP) is 3.03. The molecule has 1 aliphatic rings. The molecule has 1 aliphatic heterocycles. The minimum Gasteiger partial charge on any atom is -0.383 e. The summed E-state index contributed by atoms with van der Waals surface area (Å²) in [6.07, 6.45) is 1.77. The van der Waals surface area contributed by atoms with Gasteiger partial charge >= 0.3 is 0 Å². The second-order valence-electron chi connectivity index (χ2n) is 4.83. The molecule has 1 aromatic heterocycles. The fourth-order valence-electron chi connectivity index (χ4n) is 2.51. The number of fused-ring (bicyclic) bond motifs is 2. The molecule has 0 fully saturated rings. The van der Waals surface area contributed by atoms with Crippen molar-refractivity contribution in [2.24, 2.45) is 15.7 Å². The molecule has 0 amide bonds. The molecule has 2 heterocycles. The molecule has 0 saturated carbocycles. The molecule has 3 aromatic rings. The molecule has 0 bridgehead atoms. The second-order valence-corrected chi connectivity index (χ2v) is 4.83. The van der Waals surface area contributed by atoms with Crippen molar-refractivity contribution in [3.05, 3.63) is 71.9 Å². The minimum atomic E-state index is 0.512. The smallest absolute Gasteiger partial charge is 0.162 e. The summed E-state index contributed by atoms with van der Waals surface area (Å²) in [7, 11) is 0. The summed E-state index contributed by atoms with van der Waals surface area (Å²) in [5.41, 5.74) is 9.52. The highest BCUT2D eigenvalue weighted by molar-refractivity contribution is 6.22. The van der Waals surface area contributed by atoms with Gasteiger partial charge in [0.25, 0.3) is 0 Å². The fraction of sp³-hybridized carbons (Fsp3) is 0. The van der Waals surface area contributed by atoms with Gasteiger partial charge in [-0.2, -0.15) is 0 Å². The third-order valence-electron chi connectivity index (χ3n) is 3.51. The molecule has 4 heteroatoms. The number of rotatable bonds is 1. The maximum Gasteiger partial charge on any atom is 0.162 e. The van der Waals surface area contributed by atoms with E-state index in [2.05, 4.69) is 15.0 Å². The Morgan fingerprint density at radius 3 is 2.57 bits per heavy atom. The van der Waals surface area contributed by atoms with E-state index in [4.69, 9.17) is 5.73 Å². The molecule has 4 nitrogen and oxygen atoms in total. The zero-order valence-electron chi connectivity index (χ0n) is 11.2. The Kier molecular flexibility index (Phi) is 2.54. The lowest BCUT2D eigenvalue weighted by Crippen LogP contribution is -2.09. The summed E-state index contributed by atoms with van der Waals surface area (Å²) in [6.45, 7) is 0. The monoisotopic (exact) mass is 272 g/mol. The van der Waals surface area contributed by atoms with E-state index >= 15 is 0 Å². The van der Waals surface area contributed by atoms with Crippen molar-refractivity contribution in [1.82, 2.24) is 4.98 Å². The molecule has 0 radical (unpaired) electrons. The van der Waals surface area contributed by atoms with Gasteiger partial charge in [0.15, 0.2) is 5.84 Å². The predicted molar refractivity (Wildman–Crippen MR) is 85.1 cm³/mol. The van der Waals surface area contributed by atoms with Crippen molar-refractivity contribution in [3.8, 4) is 0 Å². The molecule has 2 N–H and O–H groups in total. The van der Waals surface area contributed by atoms with Gasteiger partial charge in [0.1, 0.15) is 5.84 Å². The van der Waals surface area contributed by atoms with Crippen molar-refractivity contribution in [1.29, 1.82) is 0 Å². The topological polar surface area (TPSA) is 63.6 Å². The third-order valence-corrected chi connectivity index (χ3v) is 3.51. The molecule has 21 heavy (non-hydrogen) atoms. The molecule has 0 spiro atoms. The highest BCUT2D eigenvalue weighted by Crippen LogP contribution is 2.26. The van der Waals surface area contributed by atoms with Gasteiger partial charge in [0, 0.05) is 22.7 Å². The van der Waals surface area contributed by atoms with E-state index in [0.717, 1.165) is 27.7 Å². The minimum absolute atomic E-state index is 0.512. The number of pyridine rings is 1. The summed E-state index contributed by atoms with van der Waals surface area (Å²) in [4.78, 5) is 13.5. The summed E-state index contributed by atoms with van der Waals surface area (Å²) in [6, 6.07) is 17.7. The molecule has 100 valence electrons. The number of para-hydroxylation sites is 1. The van der Waals surface area contributed by atoms with Crippen molar-refractivity contribution >= 4 is 28.3 Å². The first kappa shape index (κ1) is 11.8. The average Bonchev–Trinajstić information content (AvgIpc) is 2.85. The Hall–Kier alpha value is -3.01. The average molecular weight is 272 g/mol. The molecule has 4 rings (SSSR count). The van der Waals surface area contributed by atoms with Crippen LogP contribution in [0, 0.1) is 0 Å². The van der Waals surface area contributed by atoms with Gasteiger partial charge in [-0.3, -0.25) is 4.98 Å². The zero-order chi connectivity index (χ0) is 14.2. The first-order valence-electron chi connectivity index (χ1n) is 6.69. The Balaban J connectivity index is 1.93. The molecule has 0 unspecified atom stereocenters. The Morgan fingerprint density at radius 2 is 1.67 bits per heavy atom. The van der Waals surface area contributed by atoms with Gasteiger partial charge in [0.2, 0.25) is 0 Å². The van der Waals surface area contributed by atoms with Crippen LogP contribution in [-0.4, -0.2) is 16.7 Å². The summed E-state index contributed by atoms with van der Waals surface area (Å²) in [5.74, 6) is 1.15. The van der Waals surface area contributed by atoms with Crippen molar-refractivity contribution in [2.45, 2.75) is 0 Å². The highest BCUT2D eigenvalue weighted by atomic mass is 15.0. The maximum atomic E-state index is 5.96. The fourth-order valence-corrected chi connectivity index (χ4v) is 2.51. The van der Waals surface area contributed by atoms with Crippen LogP contribution in [0.25, 0.3) is 10.9 Å². The van der Waals surface area contributed by atoms with E-state index in [-0.39, 0.29) is 0 Å². The van der Waals surface area contributed by atoms with Crippen LogP contribution < -0.4 is 5.73 Å². The van der Waals surface area contributed by atoms with Crippen molar-refractivity contribution in [3.63, 3.8) is 0 Å². The number of hydrogen-bond donors (Lipinski definition) is 1. The first-order valence-corrected chi connectivity index (χ1v) is 6.69. The van der Waals surface area contributed by atoms with Gasteiger partial charge in [-0.15, -0.1) is 0 Å². The largest absolute Gasteiger partial charge is 0.383 e. The van der Waals surface area contributed by atoms with Gasteiger partial charge in [0.05, 0.1) is 11.2 Å². The van der Waals surface area contributed by atoms with Gasteiger partial charge in [-0.25, -0.2) is 9.98 Å². The van der Waals surface area contributed by atoms with Crippen molar-refractivity contribution in [2.75, 3.05) is 0 Å². The number of amidine groups is 2. The normalized spacial score (nSPS) is 15.2. The Bertz CT molecular complexity index is 904. The first-order chi connectivity index (χ1) is 10.3. The van der Waals surface area contributed by atoms with Crippen LogP contribution in [0.5, 0.6) is 0 Å². The van der Waals surface area contributed by atoms with Crippen molar-refractivity contribution < 1.29 is 0 Å². The quantitative estimate of drug-likeness (QED) is 0.740. The van der Waals surface area contributed by atoms with Crippen LogP contribution in [0.1, 0.15) is 11.1 Å². The van der Waals surface area contributed by atoms with Gasteiger partial charge in [-0.1, -0.05) is 42.5 Å². The van der Waals surface area contributed by atoms with E-state index in [9.17, 15) is 0 Å². The lowest BCUT2D eigenvalue weighted by molar-refractivity contribution is 1.38. The van der Waals surface area contributed by atoms with E-state index in [1.165, 1.54) is 0 Å². The summed E-state index contributed by atoms with van der Waals surface area (Å²) < 4.78 is 0. The van der Waals surface area contributed by atoms with E-state index in [1.807, 2.05) is 54.6 Å². The lowest BCUT2D eigenvalue weighted by Gasteiger charge is -2.02. The van der Waals surface area contributed by atoms with Gasteiger partial charge < -0.3 is 5.73 Å². The summed E-state index contributed by atoms with van der Waals surface area (Å²) >= 11 is 0. The number of aromatic nitrogens is 1. The molecule has 0 aliphatic carbocycles. The van der Waals surface area contributed by atoms with Gasteiger partial charge in [-0.05, 0) is 12.1 Å². The number of nitrogens with two attached hydrogens (primary N) is 1. The lowest BCUT2D eigenvalue weighted by atomic mass is 10.1. The van der Waals surface area contributed by atoms with Crippen LogP contribution in [0.15, 0.2) is 70.8 Å². The Labute approximate surface area is 121 Å². The molecule has 0 atom stereocenters. The SMILES string of the molecule is NC1=NC(=Nc2cccc3cccnc23)c2ccccc21. The number of hydrogen-bond acceptors (Lipinski definition) is 3. The number of nitrogens with zero attached hydrogens (tertiary/aromatic N) is 3. The second kappa shape index (κ2) is 4.52. The van der Waals surface area contributed by atoms with Crippen LogP contribution >= 0.6 is 0 Å². The van der Waals surface area contributed by atoms with Crippen LogP contribution in [-0.2, 0) is 0 Å². The maximum absolute atomic E-state index is 5.96.